The third-order valence-electron chi connectivity index (χ3n) is 3.02. The Kier molecular flexibility index (Phi) is 3.95. The van der Waals surface area contributed by atoms with E-state index in [1.165, 1.54) is 22.3 Å². The lowest BCUT2D eigenvalue weighted by molar-refractivity contribution is 0.923. The fourth-order valence-electron chi connectivity index (χ4n) is 2.15. The van der Waals surface area contributed by atoms with Crippen molar-refractivity contribution >= 4 is 15.9 Å². The van der Waals surface area contributed by atoms with Crippen molar-refractivity contribution in [3.05, 3.63) is 65.0 Å². The Hall–Kier alpha value is -1.15. The van der Waals surface area contributed by atoms with Crippen LogP contribution in [0.1, 0.15) is 27.1 Å². The third-order valence-corrected chi connectivity index (χ3v) is 3.80. The molecule has 0 N–H and O–H groups in total. The molecule has 1 aromatic heterocycles. The van der Waals surface area contributed by atoms with E-state index in [-0.39, 0.29) is 0 Å². The van der Waals surface area contributed by atoms with Crippen LogP contribution >= 0.6 is 15.9 Å². The molecule has 88 valence electrons. The highest BCUT2D eigenvalue weighted by molar-refractivity contribution is 9.09. The van der Waals surface area contributed by atoms with Crippen LogP contribution in [0, 0.1) is 13.8 Å². The molecule has 0 aliphatic heterocycles. The van der Waals surface area contributed by atoms with Crippen LogP contribution in [0.15, 0.2) is 42.7 Å². The van der Waals surface area contributed by atoms with Crippen molar-refractivity contribution in [2.75, 3.05) is 0 Å². The monoisotopic (exact) mass is 289 g/mol. The van der Waals surface area contributed by atoms with Crippen molar-refractivity contribution in [2.45, 2.75) is 25.1 Å². The van der Waals surface area contributed by atoms with Crippen molar-refractivity contribution in [3.8, 4) is 0 Å². The number of hydrogen-bond donors (Lipinski definition) is 0. The molecule has 0 saturated carbocycles. The predicted molar refractivity (Wildman–Crippen MR) is 75.5 cm³/mol. The molecule has 2 heteroatoms. The summed E-state index contributed by atoms with van der Waals surface area (Å²) in [6, 6.07) is 10.6. The van der Waals surface area contributed by atoms with Gasteiger partial charge in [0.2, 0.25) is 0 Å². The van der Waals surface area contributed by atoms with E-state index in [1.807, 2.05) is 12.4 Å². The Balaban J connectivity index is 2.23. The van der Waals surface area contributed by atoms with E-state index in [9.17, 15) is 0 Å². The maximum Gasteiger partial charge on any atom is 0.0440 e. The van der Waals surface area contributed by atoms with E-state index >= 15 is 0 Å². The Bertz CT molecular complexity index is 473. The average Bonchev–Trinajstić information content (AvgIpc) is 2.30. The van der Waals surface area contributed by atoms with E-state index in [2.05, 4.69) is 65.1 Å². The summed E-state index contributed by atoms with van der Waals surface area (Å²) in [7, 11) is 0. The van der Waals surface area contributed by atoms with Crippen molar-refractivity contribution < 1.29 is 0 Å². The lowest BCUT2D eigenvalue weighted by Crippen LogP contribution is -2.00. The smallest absolute Gasteiger partial charge is 0.0440 e. The maximum absolute atomic E-state index is 4.05. The van der Waals surface area contributed by atoms with Gasteiger partial charge in [0.25, 0.3) is 0 Å². The average molecular weight is 290 g/mol. The van der Waals surface area contributed by atoms with Crippen molar-refractivity contribution in [3.63, 3.8) is 0 Å². The molecule has 1 heterocycles. The number of alkyl halides is 1. The Morgan fingerprint density at radius 2 is 1.65 bits per heavy atom. The zero-order chi connectivity index (χ0) is 12.3. The summed E-state index contributed by atoms with van der Waals surface area (Å²) in [5.74, 6) is 0. The molecule has 0 radical (unpaired) electrons. The molecule has 0 spiro atoms. The number of aromatic nitrogens is 1. The van der Waals surface area contributed by atoms with Gasteiger partial charge in [-0.3, -0.25) is 4.98 Å². The zero-order valence-electron chi connectivity index (χ0n) is 10.2. The SMILES string of the molecule is Cc1cccc(C)c1C(Br)Cc1ccncc1. The largest absolute Gasteiger partial charge is 0.265 e. The van der Waals surface area contributed by atoms with Gasteiger partial charge in [-0.15, -0.1) is 0 Å². The van der Waals surface area contributed by atoms with Gasteiger partial charge in [-0.2, -0.15) is 0 Å². The summed E-state index contributed by atoms with van der Waals surface area (Å²) in [6.45, 7) is 4.34. The number of rotatable bonds is 3. The molecule has 2 rings (SSSR count). The summed E-state index contributed by atoms with van der Waals surface area (Å²) in [5, 5.41) is 0. The number of hydrogen-bond acceptors (Lipinski definition) is 1. The molecule has 17 heavy (non-hydrogen) atoms. The van der Waals surface area contributed by atoms with Gasteiger partial charge in [-0.25, -0.2) is 0 Å². The molecule has 1 aromatic carbocycles. The Morgan fingerprint density at radius 3 is 2.24 bits per heavy atom. The van der Waals surface area contributed by atoms with Gasteiger partial charge in [0.15, 0.2) is 0 Å². The summed E-state index contributed by atoms with van der Waals surface area (Å²) in [6.07, 6.45) is 4.69. The standard InChI is InChI=1S/C15H16BrN/c1-11-4-3-5-12(2)15(11)14(16)10-13-6-8-17-9-7-13/h3-9,14H,10H2,1-2H3. The van der Waals surface area contributed by atoms with Crippen LogP contribution < -0.4 is 0 Å². The Labute approximate surface area is 111 Å². The van der Waals surface area contributed by atoms with Gasteiger partial charge in [0.05, 0.1) is 0 Å². The molecule has 1 nitrogen and oxygen atoms in total. The minimum Gasteiger partial charge on any atom is -0.265 e. The van der Waals surface area contributed by atoms with Crippen LogP contribution in [0.5, 0.6) is 0 Å². The molecule has 0 saturated heterocycles. The van der Waals surface area contributed by atoms with Crippen LogP contribution in [-0.4, -0.2) is 4.98 Å². The summed E-state index contributed by atoms with van der Waals surface area (Å²) >= 11 is 3.80. The van der Waals surface area contributed by atoms with Gasteiger partial charge in [-0.05, 0) is 54.7 Å². The topological polar surface area (TPSA) is 12.9 Å². The van der Waals surface area contributed by atoms with E-state index in [1.54, 1.807) is 0 Å². The second-order valence-electron chi connectivity index (χ2n) is 4.33. The second kappa shape index (κ2) is 5.46. The van der Waals surface area contributed by atoms with E-state index < -0.39 is 0 Å². The number of pyridine rings is 1. The number of benzene rings is 1. The molecule has 0 amide bonds. The van der Waals surface area contributed by atoms with E-state index in [0.29, 0.717) is 4.83 Å². The highest BCUT2D eigenvalue weighted by Crippen LogP contribution is 2.31. The molecular formula is C15H16BrN. The molecule has 1 atom stereocenters. The minimum absolute atomic E-state index is 0.367. The van der Waals surface area contributed by atoms with Gasteiger partial charge in [-0.1, -0.05) is 34.1 Å². The predicted octanol–water partition coefficient (Wildman–Crippen LogP) is 4.38. The summed E-state index contributed by atoms with van der Waals surface area (Å²) in [5.41, 5.74) is 5.41. The van der Waals surface area contributed by atoms with Gasteiger partial charge in [0.1, 0.15) is 0 Å². The molecule has 0 bridgehead atoms. The van der Waals surface area contributed by atoms with Crippen molar-refractivity contribution in [2.24, 2.45) is 0 Å². The molecule has 0 aliphatic carbocycles. The second-order valence-corrected chi connectivity index (χ2v) is 5.44. The fourth-order valence-corrected chi connectivity index (χ4v) is 3.25. The first kappa shape index (κ1) is 12.3. The molecule has 1 unspecified atom stereocenters. The van der Waals surface area contributed by atoms with Crippen LogP contribution in [0.2, 0.25) is 0 Å². The quantitative estimate of drug-likeness (QED) is 0.765. The lowest BCUT2D eigenvalue weighted by atomic mass is 9.97. The normalized spacial score (nSPS) is 12.4. The van der Waals surface area contributed by atoms with Gasteiger partial charge in [0, 0.05) is 17.2 Å². The summed E-state index contributed by atoms with van der Waals surface area (Å²) < 4.78 is 0. The number of nitrogens with zero attached hydrogens (tertiary/aromatic N) is 1. The van der Waals surface area contributed by atoms with Crippen LogP contribution in [-0.2, 0) is 6.42 Å². The van der Waals surface area contributed by atoms with E-state index in [0.717, 1.165) is 6.42 Å². The zero-order valence-corrected chi connectivity index (χ0v) is 11.7. The lowest BCUT2D eigenvalue weighted by Gasteiger charge is -2.16. The van der Waals surface area contributed by atoms with Crippen LogP contribution in [0.25, 0.3) is 0 Å². The first-order valence-electron chi connectivity index (χ1n) is 5.77. The first-order chi connectivity index (χ1) is 8.18. The highest BCUT2D eigenvalue weighted by atomic mass is 79.9. The summed E-state index contributed by atoms with van der Waals surface area (Å²) in [4.78, 5) is 4.41. The molecule has 2 aromatic rings. The van der Waals surface area contributed by atoms with Crippen molar-refractivity contribution in [1.29, 1.82) is 0 Å². The molecular weight excluding hydrogens is 274 g/mol. The highest BCUT2D eigenvalue weighted by Gasteiger charge is 2.13. The van der Waals surface area contributed by atoms with Crippen LogP contribution in [0.4, 0.5) is 0 Å². The molecule has 0 fully saturated rings. The first-order valence-corrected chi connectivity index (χ1v) is 6.69. The number of halogens is 1. The number of aryl methyl sites for hydroxylation is 2. The minimum atomic E-state index is 0.367. The fraction of sp³-hybridized carbons (Fsp3) is 0.267. The van der Waals surface area contributed by atoms with Gasteiger partial charge >= 0.3 is 0 Å². The molecule has 0 aliphatic rings. The Morgan fingerprint density at radius 1 is 1.06 bits per heavy atom. The van der Waals surface area contributed by atoms with E-state index in [4.69, 9.17) is 0 Å². The van der Waals surface area contributed by atoms with Crippen molar-refractivity contribution in [1.82, 2.24) is 4.98 Å². The van der Waals surface area contributed by atoms with Crippen LogP contribution in [0.3, 0.4) is 0 Å². The maximum atomic E-state index is 4.05. The third kappa shape index (κ3) is 2.95. The van der Waals surface area contributed by atoms with Gasteiger partial charge < -0.3 is 0 Å².